The zero-order valence-corrected chi connectivity index (χ0v) is 15.4. The standard InChI is InChI=1S/C18H28N6O/c1-15(2)23(3)13-8-12-19-17(25)11-7-14-24-21-18(20-22-24)16-9-5-4-6-10-16/h4-6,9-10,15H,7-8,11-14H2,1-3H3,(H,19,25). The van der Waals surface area contributed by atoms with E-state index in [-0.39, 0.29) is 5.91 Å². The molecule has 7 heteroatoms. The van der Waals surface area contributed by atoms with E-state index in [1.165, 1.54) is 0 Å². The van der Waals surface area contributed by atoms with Crippen LogP contribution in [0.3, 0.4) is 0 Å². The molecule has 0 atom stereocenters. The van der Waals surface area contributed by atoms with E-state index in [0.29, 0.717) is 31.3 Å². The first-order valence-electron chi connectivity index (χ1n) is 8.86. The van der Waals surface area contributed by atoms with Crippen molar-refractivity contribution < 1.29 is 4.79 Å². The van der Waals surface area contributed by atoms with Gasteiger partial charge in [-0.15, -0.1) is 10.2 Å². The molecule has 0 bridgehead atoms. The van der Waals surface area contributed by atoms with Gasteiger partial charge in [0.15, 0.2) is 0 Å². The number of tetrazole rings is 1. The summed E-state index contributed by atoms with van der Waals surface area (Å²) in [5.41, 5.74) is 0.942. The van der Waals surface area contributed by atoms with Crippen LogP contribution in [0.5, 0.6) is 0 Å². The molecule has 1 heterocycles. The lowest BCUT2D eigenvalue weighted by Gasteiger charge is -2.20. The third-order valence-corrected chi connectivity index (χ3v) is 4.14. The van der Waals surface area contributed by atoms with E-state index < -0.39 is 0 Å². The largest absolute Gasteiger partial charge is 0.356 e. The molecule has 0 spiro atoms. The fourth-order valence-corrected chi connectivity index (χ4v) is 2.32. The number of nitrogens with zero attached hydrogens (tertiary/aromatic N) is 5. The molecule has 0 saturated carbocycles. The Morgan fingerprint density at radius 1 is 1.24 bits per heavy atom. The quantitative estimate of drug-likeness (QED) is 0.667. The molecule has 2 aromatic rings. The molecule has 0 aliphatic carbocycles. The Balaban J connectivity index is 1.62. The van der Waals surface area contributed by atoms with Crippen molar-refractivity contribution in [1.82, 2.24) is 30.4 Å². The lowest BCUT2D eigenvalue weighted by molar-refractivity contribution is -0.121. The summed E-state index contributed by atoms with van der Waals surface area (Å²) in [6, 6.07) is 10.3. The molecule has 2 rings (SSSR count). The maximum absolute atomic E-state index is 11.8. The highest BCUT2D eigenvalue weighted by Gasteiger charge is 2.07. The van der Waals surface area contributed by atoms with Crippen LogP contribution in [0.2, 0.25) is 0 Å². The van der Waals surface area contributed by atoms with Crippen molar-refractivity contribution in [3.63, 3.8) is 0 Å². The second-order valence-corrected chi connectivity index (χ2v) is 6.46. The summed E-state index contributed by atoms with van der Waals surface area (Å²) >= 11 is 0. The van der Waals surface area contributed by atoms with Crippen molar-refractivity contribution in [3.8, 4) is 11.4 Å². The van der Waals surface area contributed by atoms with Gasteiger partial charge in [-0.3, -0.25) is 4.79 Å². The molecule has 0 aliphatic heterocycles. The van der Waals surface area contributed by atoms with Crippen LogP contribution in [-0.2, 0) is 11.3 Å². The van der Waals surface area contributed by atoms with Crippen molar-refractivity contribution in [2.24, 2.45) is 0 Å². The molecule has 0 radical (unpaired) electrons. The van der Waals surface area contributed by atoms with Gasteiger partial charge in [0.1, 0.15) is 0 Å². The molecule has 136 valence electrons. The van der Waals surface area contributed by atoms with E-state index in [0.717, 1.165) is 25.1 Å². The normalized spacial score (nSPS) is 11.2. The van der Waals surface area contributed by atoms with E-state index in [1.54, 1.807) is 4.80 Å². The number of benzene rings is 1. The topological polar surface area (TPSA) is 75.9 Å². The second kappa shape index (κ2) is 9.88. The molecule has 1 N–H and O–H groups in total. The number of hydrogen-bond donors (Lipinski definition) is 1. The number of nitrogens with one attached hydrogen (secondary N) is 1. The Labute approximate surface area is 149 Å². The van der Waals surface area contributed by atoms with Crippen LogP contribution in [0, 0.1) is 0 Å². The van der Waals surface area contributed by atoms with Crippen LogP contribution in [0.15, 0.2) is 30.3 Å². The summed E-state index contributed by atoms with van der Waals surface area (Å²) in [7, 11) is 2.10. The van der Waals surface area contributed by atoms with Gasteiger partial charge in [-0.25, -0.2) is 0 Å². The molecule has 0 unspecified atom stereocenters. The van der Waals surface area contributed by atoms with Gasteiger partial charge in [0.2, 0.25) is 11.7 Å². The summed E-state index contributed by atoms with van der Waals surface area (Å²) < 4.78 is 0. The predicted molar refractivity (Wildman–Crippen MR) is 97.9 cm³/mol. The van der Waals surface area contributed by atoms with E-state index in [9.17, 15) is 4.79 Å². The average molecular weight is 344 g/mol. The van der Waals surface area contributed by atoms with E-state index >= 15 is 0 Å². The Morgan fingerprint density at radius 3 is 2.72 bits per heavy atom. The lowest BCUT2D eigenvalue weighted by Crippen LogP contribution is -2.31. The molecule has 1 amide bonds. The van der Waals surface area contributed by atoms with Crippen LogP contribution in [0.4, 0.5) is 0 Å². The third kappa shape index (κ3) is 6.62. The van der Waals surface area contributed by atoms with Crippen molar-refractivity contribution in [2.45, 2.75) is 45.7 Å². The third-order valence-electron chi connectivity index (χ3n) is 4.14. The maximum Gasteiger partial charge on any atom is 0.220 e. The summed E-state index contributed by atoms with van der Waals surface area (Å²) in [5.74, 6) is 0.690. The Bertz CT molecular complexity index is 640. The summed E-state index contributed by atoms with van der Waals surface area (Å²) in [6.07, 6.45) is 2.13. The molecule has 1 aromatic heterocycles. The van der Waals surface area contributed by atoms with Gasteiger partial charge in [0, 0.05) is 24.6 Å². The Morgan fingerprint density at radius 2 is 2.00 bits per heavy atom. The fourth-order valence-electron chi connectivity index (χ4n) is 2.32. The van der Waals surface area contributed by atoms with Gasteiger partial charge in [0.25, 0.3) is 0 Å². The van der Waals surface area contributed by atoms with Gasteiger partial charge in [-0.2, -0.15) is 4.80 Å². The van der Waals surface area contributed by atoms with Crippen LogP contribution in [-0.4, -0.2) is 57.2 Å². The van der Waals surface area contributed by atoms with Gasteiger partial charge in [0.05, 0.1) is 6.54 Å². The Kier molecular flexibility index (Phi) is 7.53. The molecular weight excluding hydrogens is 316 g/mol. The summed E-state index contributed by atoms with van der Waals surface area (Å²) in [5, 5.41) is 15.4. The SMILES string of the molecule is CC(C)N(C)CCCNC(=O)CCCn1nnc(-c2ccccc2)n1. The first kappa shape index (κ1) is 19.1. The van der Waals surface area contributed by atoms with Crippen LogP contribution >= 0.6 is 0 Å². The smallest absolute Gasteiger partial charge is 0.220 e. The molecular formula is C18H28N6O. The van der Waals surface area contributed by atoms with Crippen LogP contribution in [0.25, 0.3) is 11.4 Å². The van der Waals surface area contributed by atoms with Crippen molar-refractivity contribution in [3.05, 3.63) is 30.3 Å². The number of rotatable bonds is 10. The average Bonchev–Trinajstić information content (AvgIpc) is 3.08. The number of hydrogen-bond acceptors (Lipinski definition) is 5. The van der Waals surface area contributed by atoms with E-state index in [1.807, 2.05) is 30.3 Å². The highest BCUT2D eigenvalue weighted by Crippen LogP contribution is 2.11. The first-order valence-corrected chi connectivity index (χ1v) is 8.86. The molecule has 0 saturated heterocycles. The van der Waals surface area contributed by atoms with Crippen LogP contribution in [0.1, 0.15) is 33.1 Å². The van der Waals surface area contributed by atoms with Crippen molar-refractivity contribution >= 4 is 5.91 Å². The Hall–Kier alpha value is -2.28. The molecule has 7 nitrogen and oxygen atoms in total. The monoisotopic (exact) mass is 344 g/mol. The number of aromatic nitrogens is 4. The molecule has 0 aliphatic rings. The number of carbonyl (C=O) groups is 1. The minimum absolute atomic E-state index is 0.0793. The number of aryl methyl sites for hydroxylation is 1. The van der Waals surface area contributed by atoms with Crippen molar-refractivity contribution in [2.75, 3.05) is 20.1 Å². The number of amides is 1. The highest BCUT2D eigenvalue weighted by molar-refractivity contribution is 5.75. The van der Waals surface area contributed by atoms with E-state index in [4.69, 9.17) is 0 Å². The zero-order chi connectivity index (χ0) is 18.1. The zero-order valence-electron chi connectivity index (χ0n) is 15.4. The van der Waals surface area contributed by atoms with Gasteiger partial charge >= 0.3 is 0 Å². The highest BCUT2D eigenvalue weighted by atomic mass is 16.1. The molecule has 0 fully saturated rings. The van der Waals surface area contributed by atoms with Gasteiger partial charge < -0.3 is 10.2 Å². The minimum Gasteiger partial charge on any atom is -0.356 e. The summed E-state index contributed by atoms with van der Waals surface area (Å²) in [6.45, 7) is 6.63. The molecule has 25 heavy (non-hydrogen) atoms. The van der Waals surface area contributed by atoms with Gasteiger partial charge in [-0.1, -0.05) is 30.3 Å². The lowest BCUT2D eigenvalue weighted by atomic mass is 10.2. The van der Waals surface area contributed by atoms with Gasteiger partial charge in [-0.05, 0) is 45.5 Å². The predicted octanol–water partition coefficient (Wildman–Crippen LogP) is 1.97. The summed E-state index contributed by atoms with van der Waals surface area (Å²) in [4.78, 5) is 15.7. The van der Waals surface area contributed by atoms with E-state index in [2.05, 4.69) is 46.5 Å². The number of carbonyl (C=O) groups excluding carboxylic acids is 1. The fraction of sp³-hybridized carbons (Fsp3) is 0.556. The van der Waals surface area contributed by atoms with Crippen molar-refractivity contribution in [1.29, 1.82) is 0 Å². The van der Waals surface area contributed by atoms with Crippen LogP contribution < -0.4 is 5.32 Å². The first-order chi connectivity index (χ1) is 12.1. The minimum atomic E-state index is 0.0793. The second-order valence-electron chi connectivity index (χ2n) is 6.46. The molecule has 1 aromatic carbocycles. The maximum atomic E-state index is 11.8.